The minimum atomic E-state index is -2.60. The van der Waals surface area contributed by atoms with E-state index in [0.29, 0.717) is 7.25 Å². The van der Waals surface area contributed by atoms with Crippen molar-refractivity contribution >= 4 is 33.7 Å². The van der Waals surface area contributed by atoms with Gasteiger partial charge >= 0.3 is 178 Å². The minimum absolute atomic E-state index is 0.621. The second kappa shape index (κ2) is 6.38. The second-order valence-electron chi connectivity index (χ2n) is 9.07. The first kappa shape index (κ1) is 17.6. The van der Waals surface area contributed by atoms with E-state index in [1.807, 2.05) is 0 Å². The first-order valence-electron chi connectivity index (χ1n) is 10.5. The zero-order valence-electron chi connectivity index (χ0n) is 16.9. The Hall–Kier alpha value is -2.24. The van der Waals surface area contributed by atoms with E-state index >= 15 is 0 Å². The molecule has 0 fully saturated rings. The maximum absolute atomic E-state index is 2.65. The van der Waals surface area contributed by atoms with Crippen molar-refractivity contribution in [2.45, 2.75) is 16.5 Å². The Labute approximate surface area is 177 Å². The Morgan fingerprint density at radius 1 is 0.552 bits per heavy atom. The molecule has 2 atom stereocenters. The molecule has 0 heterocycles. The molecule has 0 N–H and O–H groups in total. The van der Waals surface area contributed by atoms with Crippen LogP contribution >= 0.6 is 0 Å². The van der Waals surface area contributed by atoms with Crippen molar-refractivity contribution in [3.63, 3.8) is 0 Å². The molecule has 0 saturated heterocycles. The molecule has 0 radical (unpaired) electrons. The Kier molecular flexibility index (Phi) is 3.87. The van der Waals surface area contributed by atoms with E-state index in [0.717, 1.165) is 0 Å². The van der Waals surface area contributed by atoms with Crippen molar-refractivity contribution in [1.82, 2.24) is 0 Å². The Morgan fingerprint density at radius 2 is 1.00 bits per heavy atom. The molecule has 1 heteroatoms. The number of hydrogen-bond donors (Lipinski definition) is 0. The van der Waals surface area contributed by atoms with Crippen LogP contribution in [0.5, 0.6) is 0 Å². The third-order valence-corrected chi connectivity index (χ3v) is 17.5. The normalized spacial score (nSPS) is 19.8. The summed E-state index contributed by atoms with van der Waals surface area (Å²) in [6.45, 7) is 0. The van der Waals surface area contributed by atoms with Gasteiger partial charge in [0.25, 0.3) is 0 Å². The Morgan fingerprint density at radius 3 is 1.48 bits per heavy atom. The van der Waals surface area contributed by atoms with Crippen molar-refractivity contribution in [2.24, 2.45) is 0 Å². The van der Waals surface area contributed by atoms with Gasteiger partial charge in [-0.05, 0) is 0 Å². The van der Waals surface area contributed by atoms with Crippen LogP contribution in [0.15, 0.2) is 84.9 Å². The van der Waals surface area contributed by atoms with Gasteiger partial charge in [-0.1, -0.05) is 0 Å². The van der Waals surface area contributed by atoms with Gasteiger partial charge in [0, 0.05) is 0 Å². The molecule has 0 aromatic heterocycles. The standard InChI is InChI=1S/2C13H9.2CH3.Zr/c2*1-2-6-12-10(4-1)8-9-11-5-3-7-13(11)12;;;/h2*1-9H;2*1H3;. The molecule has 2 aliphatic carbocycles. The van der Waals surface area contributed by atoms with Crippen LogP contribution in [0.2, 0.25) is 9.26 Å². The number of benzene rings is 4. The van der Waals surface area contributed by atoms with Crippen LogP contribution in [-0.2, 0) is 20.3 Å². The molecule has 0 amide bonds. The summed E-state index contributed by atoms with van der Waals surface area (Å²) in [4.78, 5) is 0. The SMILES string of the molecule is [CH3][Zr]([CH3])([CH]1C=Cc2c1ccc1ccccc21)[CH]1C=Cc2c1ccc1ccccc21. The van der Waals surface area contributed by atoms with Crippen LogP contribution in [0.1, 0.15) is 29.5 Å². The average molecular weight is 452 g/mol. The quantitative estimate of drug-likeness (QED) is 0.289. The number of fused-ring (bicyclic) bond motifs is 6. The first-order chi connectivity index (χ1) is 14.1. The maximum atomic E-state index is 2.65. The van der Waals surface area contributed by atoms with Crippen molar-refractivity contribution in [1.29, 1.82) is 0 Å². The van der Waals surface area contributed by atoms with E-state index in [2.05, 4.69) is 106 Å². The van der Waals surface area contributed by atoms with E-state index in [1.54, 1.807) is 11.1 Å². The van der Waals surface area contributed by atoms with Crippen LogP contribution in [0, 0.1) is 0 Å². The predicted molar refractivity (Wildman–Crippen MR) is 123 cm³/mol. The van der Waals surface area contributed by atoms with Crippen molar-refractivity contribution in [2.75, 3.05) is 0 Å². The molecule has 2 aliphatic rings. The van der Waals surface area contributed by atoms with E-state index in [9.17, 15) is 0 Å². The van der Waals surface area contributed by atoms with Gasteiger partial charge in [0.1, 0.15) is 0 Å². The average Bonchev–Trinajstić information content (AvgIpc) is 3.39. The van der Waals surface area contributed by atoms with Gasteiger partial charge < -0.3 is 0 Å². The predicted octanol–water partition coefficient (Wildman–Crippen LogP) is 8.08. The fourth-order valence-corrected chi connectivity index (χ4v) is 14.7. The molecular formula is C28H24Zr. The molecule has 0 spiro atoms. The van der Waals surface area contributed by atoms with Gasteiger partial charge in [0.05, 0.1) is 0 Å². The fourth-order valence-electron chi connectivity index (χ4n) is 5.62. The summed E-state index contributed by atoms with van der Waals surface area (Å²) in [6, 6.07) is 27.1. The van der Waals surface area contributed by atoms with Gasteiger partial charge in [0.2, 0.25) is 0 Å². The van der Waals surface area contributed by atoms with Crippen LogP contribution in [0.25, 0.3) is 33.7 Å². The summed E-state index contributed by atoms with van der Waals surface area (Å²) in [7, 11) is 0. The number of hydrogen-bond acceptors (Lipinski definition) is 0. The van der Waals surface area contributed by atoms with Crippen LogP contribution in [0.3, 0.4) is 0 Å². The number of allylic oxidation sites excluding steroid dienone is 2. The van der Waals surface area contributed by atoms with Gasteiger partial charge in [-0.25, -0.2) is 0 Å². The molecule has 0 saturated carbocycles. The van der Waals surface area contributed by atoms with E-state index < -0.39 is 20.3 Å². The molecule has 0 bridgehead atoms. The first-order valence-corrected chi connectivity index (χ1v) is 18.3. The Balaban J connectivity index is 1.46. The molecule has 2 unspecified atom stereocenters. The Bertz CT molecular complexity index is 1240. The summed E-state index contributed by atoms with van der Waals surface area (Å²) < 4.78 is 6.53. The summed E-state index contributed by atoms with van der Waals surface area (Å²) in [5.41, 5.74) is 6.04. The van der Waals surface area contributed by atoms with Gasteiger partial charge in [-0.3, -0.25) is 0 Å². The summed E-state index contributed by atoms with van der Waals surface area (Å²) in [5.74, 6) is 0. The summed E-state index contributed by atoms with van der Waals surface area (Å²) >= 11 is -2.60. The van der Waals surface area contributed by atoms with Crippen LogP contribution < -0.4 is 0 Å². The zero-order chi connectivity index (χ0) is 19.6. The van der Waals surface area contributed by atoms with Crippen LogP contribution in [-0.4, -0.2) is 0 Å². The second-order valence-corrected chi connectivity index (χ2v) is 21.1. The monoisotopic (exact) mass is 450 g/mol. The third-order valence-electron chi connectivity index (χ3n) is 7.19. The number of rotatable bonds is 2. The molecule has 6 rings (SSSR count). The molecule has 0 aliphatic heterocycles. The molecule has 0 nitrogen and oxygen atoms in total. The van der Waals surface area contributed by atoms with Crippen molar-refractivity contribution in [3.05, 3.63) is 107 Å². The van der Waals surface area contributed by atoms with Gasteiger partial charge in [0.15, 0.2) is 0 Å². The van der Waals surface area contributed by atoms with Crippen molar-refractivity contribution in [3.8, 4) is 0 Å². The summed E-state index contributed by atoms with van der Waals surface area (Å²) in [6.07, 6.45) is 9.86. The van der Waals surface area contributed by atoms with Gasteiger partial charge in [-0.2, -0.15) is 0 Å². The molecule has 4 aromatic rings. The molecule has 29 heavy (non-hydrogen) atoms. The van der Waals surface area contributed by atoms with E-state index in [4.69, 9.17) is 0 Å². The molecular weight excluding hydrogens is 428 g/mol. The fraction of sp³-hybridized carbons (Fsp3) is 0.143. The van der Waals surface area contributed by atoms with E-state index in [1.165, 1.54) is 32.7 Å². The van der Waals surface area contributed by atoms with Crippen molar-refractivity contribution < 1.29 is 20.3 Å². The van der Waals surface area contributed by atoms with Crippen LogP contribution in [0.4, 0.5) is 0 Å². The topological polar surface area (TPSA) is 0 Å². The summed E-state index contributed by atoms with van der Waals surface area (Å²) in [5, 5.41) is 5.50. The molecule has 4 aromatic carbocycles. The zero-order valence-corrected chi connectivity index (χ0v) is 19.4. The molecule has 140 valence electrons. The third kappa shape index (κ3) is 2.53. The van der Waals surface area contributed by atoms with Gasteiger partial charge in [-0.15, -0.1) is 0 Å². The van der Waals surface area contributed by atoms with E-state index in [-0.39, 0.29) is 0 Å².